The Hall–Kier alpha value is -0.820. The van der Waals surface area contributed by atoms with Crippen molar-refractivity contribution in [3.63, 3.8) is 0 Å². The lowest BCUT2D eigenvalue weighted by Crippen LogP contribution is -2.41. The maximum atomic E-state index is 12.6. The van der Waals surface area contributed by atoms with Crippen molar-refractivity contribution in [2.75, 3.05) is 32.5 Å². The summed E-state index contributed by atoms with van der Waals surface area (Å²) in [6.07, 6.45) is 1.83. The van der Waals surface area contributed by atoms with Gasteiger partial charge >= 0.3 is 0 Å². The van der Waals surface area contributed by atoms with Gasteiger partial charge in [-0.1, -0.05) is 11.6 Å². The second-order valence-electron chi connectivity index (χ2n) is 5.01. The van der Waals surface area contributed by atoms with E-state index in [0.717, 1.165) is 12.8 Å². The standard InChI is InChI=1S/C13H19ClN2O3S/c1-19-9-10-3-2-6-16(8-10)20(17,18)11-4-5-13(15)12(14)7-11/h4-5,7,10H,2-3,6,8-9,15H2,1H3. The SMILES string of the molecule is COCC1CCCN(S(=O)(=O)c2ccc(N)c(Cl)c2)C1. The van der Waals surface area contributed by atoms with Crippen LogP contribution in [0, 0.1) is 5.92 Å². The maximum Gasteiger partial charge on any atom is 0.243 e. The van der Waals surface area contributed by atoms with Crippen LogP contribution in [0.15, 0.2) is 23.1 Å². The Morgan fingerprint density at radius 3 is 2.90 bits per heavy atom. The van der Waals surface area contributed by atoms with Gasteiger partial charge in [-0.15, -0.1) is 0 Å². The average molecular weight is 319 g/mol. The first kappa shape index (κ1) is 15.6. The minimum absolute atomic E-state index is 0.190. The molecular formula is C13H19ClN2O3S. The lowest BCUT2D eigenvalue weighted by molar-refractivity contribution is 0.118. The molecule has 0 radical (unpaired) electrons. The van der Waals surface area contributed by atoms with E-state index < -0.39 is 10.0 Å². The molecule has 1 aliphatic rings. The van der Waals surface area contributed by atoms with E-state index in [1.165, 1.54) is 22.5 Å². The largest absolute Gasteiger partial charge is 0.398 e. The summed E-state index contributed by atoms with van der Waals surface area (Å²) in [5.74, 6) is 0.243. The summed E-state index contributed by atoms with van der Waals surface area (Å²) in [4.78, 5) is 0.190. The Balaban J connectivity index is 2.23. The summed E-state index contributed by atoms with van der Waals surface area (Å²) in [5.41, 5.74) is 5.99. The van der Waals surface area contributed by atoms with Crippen LogP contribution in [0.4, 0.5) is 5.69 Å². The third kappa shape index (κ3) is 3.25. The van der Waals surface area contributed by atoms with Gasteiger partial charge in [-0.2, -0.15) is 4.31 Å². The van der Waals surface area contributed by atoms with Crippen LogP contribution in [0.25, 0.3) is 0 Å². The first-order valence-electron chi connectivity index (χ1n) is 6.49. The van der Waals surface area contributed by atoms with Crippen LogP contribution in [0.5, 0.6) is 0 Å². The van der Waals surface area contributed by atoms with E-state index in [9.17, 15) is 8.42 Å². The molecule has 7 heteroatoms. The molecule has 112 valence electrons. The first-order chi connectivity index (χ1) is 9.45. The van der Waals surface area contributed by atoms with E-state index in [1.54, 1.807) is 7.11 Å². The molecular weight excluding hydrogens is 300 g/mol. The van der Waals surface area contributed by atoms with Crippen molar-refractivity contribution in [2.45, 2.75) is 17.7 Å². The van der Waals surface area contributed by atoms with Crippen molar-refractivity contribution >= 4 is 27.3 Å². The summed E-state index contributed by atoms with van der Waals surface area (Å²) >= 11 is 5.91. The Bertz CT molecular complexity index is 575. The van der Waals surface area contributed by atoms with Crippen LogP contribution in [-0.4, -0.2) is 39.5 Å². The van der Waals surface area contributed by atoms with Gasteiger partial charge in [-0.25, -0.2) is 8.42 Å². The molecule has 0 spiro atoms. The van der Waals surface area contributed by atoms with Gasteiger partial charge in [0.2, 0.25) is 10.0 Å². The first-order valence-corrected chi connectivity index (χ1v) is 8.31. The van der Waals surface area contributed by atoms with Gasteiger partial charge in [-0.05, 0) is 37.0 Å². The summed E-state index contributed by atoms with van der Waals surface area (Å²) in [6, 6.07) is 4.43. The summed E-state index contributed by atoms with van der Waals surface area (Å²) in [7, 11) is -1.88. The van der Waals surface area contributed by atoms with Crippen molar-refractivity contribution in [1.82, 2.24) is 4.31 Å². The molecule has 5 nitrogen and oxygen atoms in total. The lowest BCUT2D eigenvalue weighted by Gasteiger charge is -2.31. The highest BCUT2D eigenvalue weighted by Gasteiger charge is 2.30. The number of sulfonamides is 1. The predicted molar refractivity (Wildman–Crippen MR) is 79.2 cm³/mol. The molecule has 1 saturated heterocycles. The normalized spacial score (nSPS) is 21.0. The van der Waals surface area contributed by atoms with E-state index in [4.69, 9.17) is 22.1 Å². The Morgan fingerprint density at radius 2 is 2.25 bits per heavy atom. The molecule has 1 unspecified atom stereocenters. The highest BCUT2D eigenvalue weighted by molar-refractivity contribution is 7.89. The molecule has 0 aliphatic carbocycles. The van der Waals surface area contributed by atoms with E-state index in [-0.39, 0.29) is 15.8 Å². The third-order valence-corrected chi connectivity index (χ3v) is 5.68. The molecule has 1 fully saturated rings. The van der Waals surface area contributed by atoms with Crippen LogP contribution < -0.4 is 5.73 Å². The van der Waals surface area contributed by atoms with Gasteiger partial charge in [0.25, 0.3) is 0 Å². The number of nitrogens with zero attached hydrogens (tertiary/aromatic N) is 1. The molecule has 0 saturated carbocycles. The fourth-order valence-corrected chi connectivity index (χ4v) is 4.26. The van der Waals surface area contributed by atoms with Gasteiger partial charge in [0.05, 0.1) is 22.2 Å². The number of methoxy groups -OCH3 is 1. The fourth-order valence-electron chi connectivity index (χ4n) is 2.43. The van der Waals surface area contributed by atoms with E-state index in [1.807, 2.05) is 0 Å². The topological polar surface area (TPSA) is 72.6 Å². The second-order valence-corrected chi connectivity index (χ2v) is 7.36. The van der Waals surface area contributed by atoms with Gasteiger partial charge in [-0.3, -0.25) is 0 Å². The molecule has 20 heavy (non-hydrogen) atoms. The number of piperidine rings is 1. The Kier molecular flexibility index (Phi) is 4.90. The highest BCUT2D eigenvalue weighted by Crippen LogP contribution is 2.27. The minimum atomic E-state index is -3.51. The Morgan fingerprint density at radius 1 is 1.50 bits per heavy atom. The number of hydrogen-bond donors (Lipinski definition) is 1. The van der Waals surface area contributed by atoms with Crippen molar-refractivity contribution in [3.05, 3.63) is 23.2 Å². The molecule has 2 N–H and O–H groups in total. The fraction of sp³-hybridized carbons (Fsp3) is 0.538. The van der Waals surface area contributed by atoms with Gasteiger partial charge < -0.3 is 10.5 Å². The number of benzene rings is 1. The molecule has 2 rings (SSSR count). The zero-order valence-electron chi connectivity index (χ0n) is 11.4. The molecule has 0 bridgehead atoms. The number of rotatable bonds is 4. The van der Waals surface area contributed by atoms with Gasteiger partial charge in [0.15, 0.2) is 0 Å². The average Bonchev–Trinajstić information content (AvgIpc) is 2.42. The van der Waals surface area contributed by atoms with E-state index >= 15 is 0 Å². The molecule has 1 atom stereocenters. The Labute approximate surface area is 124 Å². The van der Waals surface area contributed by atoms with Crippen molar-refractivity contribution in [3.8, 4) is 0 Å². The minimum Gasteiger partial charge on any atom is -0.398 e. The smallest absolute Gasteiger partial charge is 0.243 e. The van der Waals surface area contributed by atoms with Gasteiger partial charge in [0.1, 0.15) is 0 Å². The molecule has 1 aromatic carbocycles. The van der Waals surface area contributed by atoms with E-state index in [2.05, 4.69) is 0 Å². The van der Waals surface area contributed by atoms with Crippen LogP contribution in [-0.2, 0) is 14.8 Å². The maximum absolute atomic E-state index is 12.6. The number of ether oxygens (including phenoxy) is 1. The lowest BCUT2D eigenvalue weighted by atomic mass is 10.0. The predicted octanol–water partition coefficient (Wildman–Crippen LogP) is 1.97. The zero-order chi connectivity index (χ0) is 14.8. The van der Waals surface area contributed by atoms with Crippen LogP contribution in [0.1, 0.15) is 12.8 Å². The third-order valence-electron chi connectivity index (χ3n) is 3.49. The van der Waals surface area contributed by atoms with E-state index in [0.29, 0.717) is 25.4 Å². The second kappa shape index (κ2) is 6.30. The molecule has 1 aliphatic heterocycles. The number of anilines is 1. The highest BCUT2D eigenvalue weighted by atomic mass is 35.5. The zero-order valence-corrected chi connectivity index (χ0v) is 13.0. The quantitative estimate of drug-likeness (QED) is 0.861. The van der Waals surface area contributed by atoms with Gasteiger partial charge in [0, 0.05) is 20.2 Å². The summed E-state index contributed by atoms with van der Waals surface area (Å²) in [6.45, 7) is 1.59. The molecule has 1 aromatic rings. The number of halogens is 1. The van der Waals surface area contributed by atoms with Crippen LogP contribution >= 0.6 is 11.6 Å². The van der Waals surface area contributed by atoms with Crippen LogP contribution in [0.2, 0.25) is 5.02 Å². The number of nitrogens with two attached hydrogens (primary N) is 1. The summed E-state index contributed by atoms with van der Waals surface area (Å²) in [5, 5.41) is 0.261. The molecule has 0 aromatic heterocycles. The molecule has 0 amide bonds. The number of nitrogen functional groups attached to an aromatic ring is 1. The molecule has 1 heterocycles. The van der Waals surface area contributed by atoms with Crippen molar-refractivity contribution < 1.29 is 13.2 Å². The monoisotopic (exact) mass is 318 g/mol. The van der Waals surface area contributed by atoms with Crippen LogP contribution in [0.3, 0.4) is 0 Å². The van der Waals surface area contributed by atoms with Crippen molar-refractivity contribution in [1.29, 1.82) is 0 Å². The summed E-state index contributed by atoms with van der Waals surface area (Å²) < 4.78 is 31.8. The van der Waals surface area contributed by atoms with Crippen molar-refractivity contribution in [2.24, 2.45) is 5.92 Å². The number of hydrogen-bond acceptors (Lipinski definition) is 4.